The first-order valence-electron chi connectivity index (χ1n) is 16.1. The zero-order valence-corrected chi connectivity index (χ0v) is 30.6. The van der Waals surface area contributed by atoms with Gasteiger partial charge < -0.3 is 4.74 Å². The second-order valence-corrected chi connectivity index (χ2v) is 13.4. The maximum Gasteiger partial charge on any atom is 0.292 e. The summed E-state index contributed by atoms with van der Waals surface area (Å²) in [5.74, 6) is 0. The summed E-state index contributed by atoms with van der Waals surface area (Å²) in [6.45, 7) is 6.51. The molecule has 0 aliphatic rings. The number of rotatable bonds is 29. The fourth-order valence-electron chi connectivity index (χ4n) is 5.05. The summed E-state index contributed by atoms with van der Waals surface area (Å²) in [7, 11) is -4.17. The number of ether oxygens (including phenoxy) is 1. The molecule has 3 atom stereocenters. The predicted octanol–water partition coefficient (Wildman–Crippen LogP) is 10.6. The van der Waals surface area contributed by atoms with E-state index in [1.54, 1.807) is 0 Å². The second-order valence-electron chi connectivity index (χ2n) is 11.2. The van der Waals surface area contributed by atoms with E-state index in [1.807, 2.05) is 6.92 Å². The average molecular weight is 606 g/mol. The van der Waals surface area contributed by atoms with E-state index in [0.29, 0.717) is 11.8 Å². The van der Waals surface area contributed by atoms with Crippen molar-refractivity contribution in [1.29, 1.82) is 0 Å². The Hall–Kier alpha value is 1.80. The molecule has 0 bridgehead atoms. The van der Waals surface area contributed by atoms with Gasteiger partial charge in [-0.1, -0.05) is 143 Å². The van der Waals surface area contributed by atoms with Crippen LogP contribution in [0.3, 0.4) is 0 Å². The molecule has 0 amide bonds. The van der Waals surface area contributed by atoms with Crippen LogP contribution in [0.25, 0.3) is 0 Å². The predicted molar refractivity (Wildman–Crippen MR) is 168 cm³/mol. The van der Waals surface area contributed by atoms with Crippen LogP contribution < -0.4 is 0 Å². The Labute approximate surface area is 286 Å². The summed E-state index contributed by atoms with van der Waals surface area (Å²) in [6, 6.07) is 0. The van der Waals surface area contributed by atoms with E-state index in [1.165, 1.54) is 96.3 Å². The molecule has 3 unspecified atom stereocenters. The molecular weight excluding hydrogens is 543 g/mol. The summed E-state index contributed by atoms with van der Waals surface area (Å²) in [6.07, 6.45) is 28.6. The normalized spacial score (nSPS) is 14.2. The standard InChI is InChI=1S/C31H63ClO4S.K/c1-4-7-9-11-13-15-20-24-28-31(37(33,34)35)36-30(6-3)27-23-19-16-18-22-26-29(32)25-21-17-14-12-10-8-5-2;/h29-31H,4-28H2,1-3H3,(H,33,34,35);. The van der Waals surface area contributed by atoms with Crippen molar-refractivity contribution in [2.75, 3.05) is 0 Å². The largest absolute Gasteiger partial charge is 0.357 e. The van der Waals surface area contributed by atoms with Gasteiger partial charge >= 0.3 is 0 Å². The molecule has 1 radical (unpaired) electrons. The number of unbranched alkanes of at least 4 members (excludes halogenated alkanes) is 17. The Morgan fingerprint density at radius 1 is 0.579 bits per heavy atom. The van der Waals surface area contributed by atoms with Gasteiger partial charge in [0.25, 0.3) is 10.1 Å². The van der Waals surface area contributed by atoms with Crippen LogP contribution in [-0.4, -0.2) is 81.3 Å². The summed E-state index contributed by atoms with van der Waals surface area (Å²) < 4.78 is 39.3. The van der Waals surface area contributed by atoms with Crippen LogP contribution in [-0.2, 0) is 14.9 Å². The summed E-state index contributed by atoms with van der Waals surface area (Å²) in [4.78, 5) is 0. The molecule has 1 N–H and O–H groups in total. The molecule has 0 saturated heterocycles. The van der Waals surface area contributed by atoms with Crippen LogP contribution in [0, 0.1) is 0 Å². The van der Waals surface area contributed by atoms with Crippen molar-refractivity contribution in [2.24, 2.45) is 0 Å². The van der Waals surface area contributed by atoms with E-state index < -0.39 is 15.6 Å². The first-order valence-corrected chi connectivity index (χ1v) is 18.0. The van der Waals surface area contributed by atoms with Crippen molar-refractivity contribution >= 4 is 73.1 Å². The third-order valence-corrected chi connectivity index (χ3v) is 9.04. The van der Waals surface area contributed by atoms with Gasteiger partial charge in [-0.25, -0.2) is 0 Å². The molecular formula is C31H63ClKO4S. The molecule has 0 heterocycles. The van der Waals surface area contributed by atoms with E-state index in [2.05, 4.69) is 13.8 Å². The Balaban J connectivity index is 0. The van der Waals surface area contributed by atoms with Crippen LogP contribution in [0.15, 0.2) is 0 Å². The van der Waals surface area contributed by atoms with E-state index in [4.69, 9.17) is 16.3 Å². The third kappa shape index (κ3) is 27.9. The van der Waals surface area contributed by atoms with Crippen LogP contribution >= 0.6 is 11.6 Å². The van der Waals surface area contributed by atoms with Crippen LogP contribution in [0.2, 0.25) is 0 Å². The zero-order valence-electron chi connectivity index (χ0n) is 25.9. The molecule has 0 aromatic heterocycles. The molecule has 0 saturated carbocycles. The molecule has 7 heteroatoms. The van der Waals surface area contributed by atoms with Crippen LogP contribution in [0.4, 0.5) is 0 Å². The Kier molecular flexibility index (Phi) is 33.4. The molecule has 38 heavy (non-hydrogen) atoms. The van der Waals surface area contributed by atoms with Crippen molar-refractivity contribution in [1.82, 2.24) is 0 Å². The maximum atomic E-state index is 11.9. The van der Waals surface area contributed by atoms with E-state index in [9.17, 15) is 13.0 Å². The number of hydrogen-bond donors (Lipinski definition) is 1. The zero-order chi connectivity index (χ0) is 27.6. The van der Waals surface area contributed by atoms with E-state index in [0.717, 1.165) is 57.8 Å². The maximum absolute atomic E-state index is 11.9. The molecule has 0 spiro atoms. The van der Waals surface area contributed by atoms with E-state index in [-0.39, 0.29) is 57.5 Å². The third-order valence-electron chi connectivity index (χ3n) is 7.59. The molecule has 0 aromatic carbocycles. The SMILES string of the molecule is CCCCCCCCCCC(OC(CC)CCCCCCCC(Cl)CCCCCCCCC)S(=O)(=O)O.[K]. The van der Waals surface area contributed by atoms with Crippen LogP contribution in [0.1, 0.15) is 181 Å². The Morgan fingerprint density at radius 3 is 1.29 bits per heavy atom. The topological polar surface area (TPSA) is 63.6 Å². The van der Waals surface area contributed by atoms with Gasteiger partial charge in [-0.3, -0.25) is 4.55 Å². The minimum Gasteiger partial charge on any atom is -0.357 e. The van der Waals surface area contributed by atoms with Crippen molar-refractivity contribution in [3.63, 3.8) is 0 Å². The van der Waals surface area contributed by atoms with Gasteiger partial charge in [-0.15, -0.1) is 11.6 Å². The first kappa shape index (κ1) is 41.9. The molecule has 0 aromatic rings. The molecule has 0 fully saturated rings. The number of hydrogen-bond acceptors (Lipinski definition) is 3. The molecule has 0 rings (SSSR count). The van der Waals surface area contributed by atoms with Crippen LogP contribution in [0.5, 0.6) is 0 Å². The Morgan fingerprint density at radius 2 is 0.921 bits per heavy atom. The quantitative estimate of drug-likeness (QED) is 0.0398. The first-order chi connectivity index (χ1) is 17.8. The monoisotopic (exact) mass is 605 g/mol. The van der Waals surface area contributed by atoms with Gasteiger partial charge in [0.05, 0.1) is 6.10 Å². The average Bonchev–Trinajstić information content (AvgIpc) is 2.86. The fourth-order valence-corrected chi connectivity index (χ4v) is 6.12. The van der Waals surface area contributed by atoms with Crippen molar-refractivity contribution in [2.45, 2.75) is 198 Å². The van der Waals surface area contributed by atoms with Gasteiger partial charge in [-0.05, 0) is 38.5 Å². The molecule has 0 aliphatic carbocycles. The van der Waals surface area contributed by atoms with Crippen molar-refractivity contribution < 1.29 is 17.7 Å². The molecule has 4 nitrogen and oxygen atoms in total. The number of alkyl halides is 1. The summed E-state index contributed by atoms with van der Waals surface area (Å²) >= 11 is 6.52. The Bertz CT molecular complexity index is 576. The van der Waals surface area contributed by atoms with Gasteiger partial charge in [-0.2, -0.15) is 8.42 Å². The second kappa shape index (κ2) is 30.3. The van der Waals surface area contributed by atoms with Gasteiger partial charge in [0.15, 0.2) is 5.44 Å². The van der Waals surface area contributed by atoms with Crippen molar-refractivity contribution in [3.8, 4) is 0 Å². The van der Waals surface area contributed by atoms with E-state index >= 15 is 0 Å². The summed E-state index contributed by atoms with van der Waals surface area (Å²) in [5.41, 5.74) is -1.07. The van der Waals surface area contributed by atoms with Gasteiger partial charge in [0.1, 0.15) is 0 Å². The van der Waals surface area contributed by atoms with Crippen molar-refractivity contribution in [3.05, 3.63) is 0 Å². The minimum absolute atomic E-state index is 0. The smallest absolute Gasteiger partial charge is 0.292 e. The number of halogens is 1. The molecule has 0 aliphatic heterocycles. The minimum atomic E-state index is -4.17. The summed E-state index contributed by atoms with van der Waals surface area (Å²) in [5, 5.41) is 0.326. The molecule has 225 valence electrons. The fraction of sp³-hybridized carbons (Fsp3) is 1.00. The van der Waals surface area contributed by atoms with Gasteiger partial charge in [0.2, 0.25) is 0 Å². The van der Waals surface area contributed by atoms with Gasteiger partial charge in [0, 0.05) is 56.8 Å².